The van der Waals surface area contributed by atoms with Crippen molar-refractivity contribution in [2.24, 2.45) is 0 Å². The van der Waals surface area contributed by atoms with Gasteiger partial charge in [0.25, 0.3) is 0 Å². The summed E-state index contributed by atoms with van der Waals surface area (Å²) in [6.45, 7) is 2.29. The molecule has 0 radical (unpaired) electrons. The van der Waals surface area contributed by atoms with Crippen LogP contribution >= 0.6 is 7.60 Å². The summed E-state index contributed by atoms with van der Waals surface area (Å²) in [7, 11) is 0.932. The van der Waals surface area contributed by atoms with Gasteiger partial charge < -0.3 is 19.4 Å². The Hall–Kier alpha value is -0.450. The molecule has 190 valence electrons. The molecular weight excluding hydrogens is 421 g/mol. The average Bonchev–Trinajstić information content (AvgIpc) is 2.67. The van der Waals surface area contributed by atoms with Gasteiger partial charge in [-0.15, -0.1) is 0 Å². The molecule has 0 saturated heterocycles. The number of allylic oxidation sites excluding steroid dienone is 4. The van der Waals surface area contributed by atoms with Gasteiger partial charge in [0.2, 0.25) is 5.34 Å². The van der Waals surface area contributed by atoms with Gasteiger partial charge in [-0.3, -0.25) is 4.57 Å². The van der Waals surface area contributed by atoms with Crippen molar-refractivity contribution in [3.63, 3.8) is 0 Å². The minimum absolute atomic E-state index is 0.0445. The van der Waals surface area contributed by atoms with E-state index in [0.717, 1.165) is 19.3 Å². The molecule has 0 aromatic carbocycles. The van der Waals surface area contributed by atoms with E-state index in [2.05, 4.69) is 31.2 Å². The zero-order chi connectivity index (χ0) is 24.3. The van der Waals surface area contributed by atoms with Crippen LogP contribution in [0.15, 0.2) is 24.3 Å². The summed E-state index contributed by atoms with van der Waals surface area (Å²) < 4.78 is 12.1. The van der Waals surface area contributed by atoms with E-state index < -0.39 is 12.9 Å². The highest BCUT2D eigenvalue weighted by Crippen LogP contribution is 2.52. The highest BCUT2D eigenvalue weighted by Gasteiger charge is 2.48. The molecule has 0 spiro atoms. The summed E-state index contributed by atoms with van der Waals surface area (Å²) in [4.78, 5) is 19.2. The molecule has 0 aliphatic rings. The molecule has 0 heterocycles. The molecule has 1 unspecified atom stereocenters. The van der Waals surface area contributed by atoms with Gasteiger partial charge in [0.05, 0.1) is 21.1 Å². The molecule has 0 saturated carbocycles. The largest absolute Gasteiger partial charge is 0.373 e. The van der Waals surface area contributed by atoms with E-state index in [1.807, 2.05) is 21.1 Å². The third-order valence-electron chi connectivity index (χ3n) is 5.77. The van der Waals surface area contributed by atoms with Crippen LogP contribution in [0.4, 0.5) is 0 Å². The maximum absolute atomic E-state index is 11.8. The number of rotatable bonds is 21. The Morgan fingerprint density at radius 2 is 1.06 bits per heavy atom. The molecule has 0 amide bonds. The lowest BCUT2D eigenvalue weighted by atomic mass is 10.1. The first-order chi connectivity index (χ1) is 15.0. The molecule has 5 nitrogen and oxygen atoms in total. The van der Waals surface area contributed by atoms with E-state index in [1.54, 1.807) is 0 Å². The Morgan fingerprint density at radius 3 is 1.44 bits per heavy atom. The van der Waals surface area contributed by atoms with Gasteiger partial charge in [-0.2, -0.15) is 0 Å². The molecule has 1 atom stereocenters. The van der Waals surface area contributed by atoms with E-state index in [0.29, 0.717) is 10.9 Å². The fraction of sp³-hybridized carbons (Fsp3) is 0.846. The lowest BCUT2D eigenvalue weighted by Gasteiger charge is -2.35. The number of quaternary nitrogens is 1. The smallest absolute Gasteiger partial charge is 0.362 e. The maximum Gasteiger partial charge on any atom is 0.362 e. The van der Waals surface area contributed by atoms with Crippen LogP contribution in [0.25, 0.3) is 0 Å². The average molecular weight is 475 g/mol. The predicted molar refractivity (Wildman–Crippen MR) is 138 cm³/mol. The number of hydrogen-bond acceptors (Lipinski definition) is 2. The van der Waals surface area contributed by atoms with Gasteiger partial charge in [-0.25, -0.2) is 0 Å². The third kappa shape index (κ3) is 18.0. The summed E-state index contributed by atoms with van der Waals surface area (Å²) in [5, 5.41) is 8.60. The zero-order valence-corrected chi connectivity index (χ0v) is 22.4. The Labute approximate surface area is 198 Å². The first kappa shape index (κ1) is 31.6. The fourth-order valence-electron chi connectivity index (χ4n) is 3.96. The third-order valence-corrected chi connectivity index (χ3v) is 7.22. The van der Waals surface area contributed by atoms with Crippen LogP contribution in [0.2, 0.25) is 0 Å². The Bertz CT molecular complexity index is 551. The van der Waals surface area contributed by atoms with Gasteiger partial charge in [-0.05, 0) is 64.2 Å². The van der Waals surface area contributed by atoms with Gasteiger partial charge in [-0.1, -0.05) is 69.8 Å². The summed E-state index contributed by atoms with van der Waals surface area (Å²) in [5.74, 6) is 0. The topological polar surface area (TPSA) is 77.8 Å². The molecule has 32 heavy (non-hydrogen) atoms. The Kier molecular flexibility index (Phi) is 17.7. The summed E-state index contributed by atoms with van der Waals surface area (Å²) in [5.41, 5.74) is 0. The van der Waals surface area contributed by atoms with Crippen LogP contribution < -0.4 is 0 Å². The van der Waals surface area contributed by atoms with Crippen LogP contribution in [0, 0.1) is 0 Å². The summed E-state index contributed by atoms with van der Waals surface area (Å²) >= 11 is 0. The molecule has 0 rings (SSSR count). The summed E-state index contributed by atoms with van der Waals surface area (Å²) in [6.07, 6.45) is 27.0. The van der Waals surface area contributed by atoms with Crippen LogP contribution in [-0.4, -0.2) is 52.4 Å². The maximum atomic E-state index is 11.8. The number of unbranched alkanes of at least 4 members (excludes halogenated alkanes) is 12. The Morgan fingerprint density at radius 1 is 0.688 bits per heavy atom. The van der Waals surface area contributed by atoms with Crippen LogP contribution in [0.3, 0.4) is 0 Å². The van der Waals surface area contributed by atoms with Crippen molar-refractivity contribution in [3.05, 3.63) is 24.3 Å². The molecular formula is C26H53NO4P+. The molecule has 0 aliphatic heterocycles. The standard InChI is InChI=1S/C26H52NO4P/c1-5-6-7-8-9-10-11-12-13-14-15-16-17-18-19-20-21-22-23-24-26(28,32(29,30)31)25-27(2,3)4/h9-10,19-20,28H,5-8,11-18,21-25H2,1-4H3,(H-,29,30,31)/p+1/b10-9-,20-19-. The minimum Gasteiger partial charge on any atom is -0.373 e. The number of hydrogen-bond donors (Lipinski definition) is 3. The van der Waals surface area contributed by atoms with E-state index in [9.17, 15) is 19.5 Å². The normalized spacial score (nSPS) is 15.1. The zero-order valence-electron chi connectivity index (χ0n) is 21.5. The minimum atomic E-state index is -4.56. The van der Waals surface area contributed by atoms with Crippen LogP contribution in [0.1, 0.15) is 110 Å². The van der Waals surface area contributed by atoms with E-state index in [1.165, 1.54) is 70.6 Å². The first-order valence-corrected chi connectivity index (χ1v) is 14.5. The quantitative estimate of drug-likeness (QED) is 0.0729. The highest BCUT2D eigenvalue weighted by atomic mass is 31.2. The van der Waals surface area contributed by atoms with E-state index >= 15 is 0 Å². The van der Waals surface area contributed by atoms with Crippen molar-refractivity contribution in [2.45, 2.75) is 115 Å². The van der Waals surface area contributed by atoms with Crippen molar-refractivity contribution >= 4 is 7.60 Å². The van der Waals surface area contributed by atoms with Crippen molar-refractivity contribution in [1.82, 2.24) is 0 Å². The predicted octanol–water partition coefficient (Wildman–Crippen LogP) is 6.93. The van der Waals surface area contributed by atoms with Gasteiger partial charge in [0, 0.05) is 0 Å². The fourth-order valence-corrected chi connectivity index (χ4v) is 5.02. The second-order valence-electron chi connectivity index (χ2n) is 10.4. The highest BCUT2D eigenvalue weighted by molar-refractivity contribution is 7.53. The molecule has 3 N–H and O–H groups in total. The lowest BCUT2D eigenvalue weighted by molar-refractivity contribution is -0.875. The molecule has 6 heteroatoms. The molecule has 0 bridgehead atoms. The summed E-state index contributed by atoms with van der Waals surface area (Å²) in [6, 6.07) is 0. The van der Waals surface area contributed by atoms with Gasteiger partial charge >= 0.3 is 7.60 Å². The first-order valence-electron chi connectivity index (χ1n) is 12.9. The van der Waals surface area contributed by atoms with Gasteiger partial charge in [0.15, 0.2) is 0 Å². The molecule has 0 aliphatic carbocycles. The monoisotopic (exact) mass is 474 g/mol. The molecule has 0 aromatic heterocycles. The van der Waals surface area contributed by atoms with E-state index in [-0.39, 0.29) is 13.0 Å². The molecule has 0 aromatic rings. The van der Waals surface area contributed by atoms with Gasteiger partial charge in [0.1, 0.15) is 6.54 Å². The second kappa shape index (κ2) is 18.0. The van der Waals surface area contributed by atoms with Crippen molar-refractivity contribution < 1.29 is 23.9 Å². The van der Waals surface area contributed by atoms with Crippen LogP contribution in [0.5, 0.6) is 0 Å². The van der Waals surface area contributed by atoms with E-state index in [4.69, 9.17) is 0 Å². The lowest BCUT2D eigenvalue weighted by Crippen LogP contribution is -2.49. The second-order valence-corrected chi connectivity index (χ2v) is 12.3. The van der Waals surface area contributed by atoms with Crippen molar-refractivity contribution in [3.8, 4) is 0 Å². The number of nitrogens with zero attached hydrogens (tertiary/aromatic N) is 1. The Balaban J connectivity index is 3.68. The molecule has 0 fully saturated rings. The SMILES string of the molecule is CCCCC/C=C\CCCCCCCC/C=C\CCCCC(O)(C[N+](C)(C)C)P(=O)(O)O. The number of likely N-dealkylation sites (N-methyl/N-ethyl adjacent to an activating group) is 1. The van der Waals surface area contributed by atoms with Crippen LogP contribution in [-0.2, 0) is 4.57 Å². The van der Waals surface area contributed by atoms with Crippen molar-refractivity contribution in [2.75, 3.05) is 27.7 Å². The number of aliphatic hydroxyl groups is 1. The van der Waals surface area contributed by atoms with Crippen molar-refractivity contribution in [1.29, 1.82) is 0 Å².